The molecule has 0 atom stereocenters. The zero-order valence-corrected chi connectivity index (χ0v) is 19.0. The average molecular weight is 447 g/mol. The number of aryl methyl sites for hydroxylation is 4. The summed E-state index contributed by atoms with van der Waals surface area (Å²) in [6.45, 7) is 3.89. The first kappa shape index (κ1) is 22.1. The molecular weight excluding hydrogens is 420 g/mol. The first-order valence-corrected chi connectivity index (χ1v) is 10.5. The van der Waals surface area contributed by atoms with Crippen LogP contribution in [-0.2, 0) is 12.8 Å². The number of nitrogens with one attached hydrogen (secondary N) is 2. The van der Waals surface area contributed by atoms with E-state index in [0.717, 1.165) is 47.0 Å². The van der Waals surface area contributed by atoms with Crippen LogP contribution in [0.4, 0.5) is 5.82 Å². The Morgan fingerprint density at radius 3 is 2.39 bits per heavy atom. The van der Waals surface area contributed by atoms with Crippen molar-refractivity contribution in [1.29, 1.82) is 0 Å². The van der Waals surface area contributed by atoms with Crippen LogP contribution in [0.2, 0.25) is 0 Å². The van der Waals surface area contributed by atoms with Crippen LogP contribution in [0.1, 0.15) is 33.0 Å². The molecule has 0 saturated heterocycles. The highest BCUT2D eigenvalue weighted by Gasteiger charge is 2.11. The number of hydrogen-bond donors (Lipinski definition) is 2. The zero-order chi connectivity index (χ0) is 23.4. The minimum absolute atomic E-state index is 0.280. The van der Waals surface area contributed by atoms with Gasteiger partial charge in [-0.1, -0.05) is 0 Å². The van der Waals surface area contributed by atoms with Crippen molar-refractivity contribution >= 4 is 11.7 Å². The fourth-order valence-electron chi connectivity index (χ4n) is 3.54. The van der Waals surface area contributed by atoms with Crippen molar-refractivity contribution in [2.45, 2.75) is 26.7 Å². The highest BCUT2D eigenvalue weighted by molar-refractivity contribution is 6.03. The summed E-state index contributed by atoms with van der Waals surface area (Å²) in [6.07, 6.45) is 3.02. The van der Waals surface area contributed by atoms with E-state index in [-0.39, 0.29) is 5.91 Å². The molecular formula is C24H26N6O3. The molecule has 4 rings (SSSR count). The number of nitrogens with zero attached hydrogens (tertiary/aromatic N) is 4. The number of amides is 1. The van der Waals surface area contributed by atoms with Crippen molar-refractivity contribution in [2.75, 3.05) is 19.5 Å². The van der Waals surface area contributed by atoms with Crippen LogP contribution >= 0.6 is 0 Å². The number of pyridine rings is 1. The Bertz CT molecular complexity index is 1240. The summed E-state index contributed by atoms with van der Waals surface area (Å²) in [5.74, 6) is 2.34. The van der Waals surface area contributed by atoms with Gasteiger partial charge in [0, 0.05) is 29.7 Å². The fraction of sp³-hybridized carbons (Fsp3) is 0.250. The van der Waals surface area contributed by atoms with Gasteiger partial charge in [0.05, 0.1) is 25.5 Å². The second kappa shape index (κ2) is 9.56. The summed E-state index contributed by atoms with van der Waals surface area (Å²) in [5, 5.41) is 14.4. The maximum atomic E-state index is 12.6. The minimum Gasteiger partial charge on any atom is -0.497 e. The van der Waals surface area contributed by atoms with Gasteiger partial charge in [0.15, 0.2) is 11.6 Å². The fourth-order valence-corrected chi connectivity index (χ4v) is 3.54. The van der Waals surface area contributed by atoms with Gasteiger partial charge in [0.25, 0.3) is 5.91 Å². The number of carbonyl (C=O) groups excluding carboxylic acids is 1. The van der Waals surface area contributed by atoms with Crippen molar-refractivity contribution in [3.63, 3.8) is 0 Å². The molecule has 0 aliphatic rings. The van der Waals surface area contributed by atoms with Gasteiger partial charge in [-0.15, -0.1) is 0 Å². The number of aromatic nitrogens is 5. The van der Waals surface area contributed by atoms with Crippen LogP contribution in [0.25, 0.3) is 5.82 Å². The van der Waals surface area contributed by atoms with Gasteiger partial charge >= 0.3 is 0 Å². The lowest BCUT2D eigenvalue weighted by Crippen LogP contribution is -2.13. The molecule has 0 aliphatic carbocycles. The Kier molecular flexibility index (Phi) is 6.39. The second-order valence-corrected chi connectivity index (χ2v) is 7.70. The number of rotatable bonds is 8. The Labute approximate surface area is 191 Å². The van der Waals surface area contributed by atoms with E-state index in [2.05, 4.69) is 25.6 Å². The highest BCUT2D eigenvalue weighted by atomic mass is 16.5. The summed E-state index contributed by atoms with van der Waals surface area (Å²) in [4.78, 5) is 17.0. The first-order chi connectivity index (χ1) is 15.9. The molecule has 9 nitrogen and oxygen atoms in total. The van der Waals surface area contributed by atoms with Crippen LogP contribution in [-0.4, -0.2) is 45.1 Å². The largest absolute Gasteiger partial charge is 0.497 e. The maximum absolute atomic E-state index is 12.6. The molecule has 3 heterocycles. The van der Waals surface area contributed by atoms with Crippen molar-refractivity contribution < 1.29 is 14.3 Å². The lowest BCUT2D eigenvalue weighted by atomic mass is 10.1. The Balaban J connectivity index is 1.37. The molecule has 9 heteroatoms. The Morgan fingerprint density at radius 1 is 1.03 bits per heavy atom. The Morgan fingerprint density at radius 2 is 1.79 bits per heavy atom. The van der Waals surface area contributed by atoms with E-state index in [0.29, 0.717) is 17.2 Å². The van der Waals surface area contributed by atoms with Crippen molar-refractivity contribution in [1.82, 2.24) is 25.0 Å². The molecule has 1 amide bonds. The molecule has 2 N–H and O–H groups in total. The van der Waals surface area contributed by atoms with E-state index < -0.39 is 0 Å². The predicted octanol–water partition coefficient (Wildman–Crippen LogP) is 3.66. The third-order valence-electron chi connectivity index (χ3n) is 5.20. The number of ether oxygens (including phenoxy) is 2. The number of methoxy groups -OCH3 is 2. The lowest BCUT2D eigenvalue weighted by Gasteiger charge is -2.08. The summed E-state index contributed by atoms with van der Waals surface area (Å²) < 4.78 is 12.4. The van der Waals surface area contributed by atoms with Crippen LogP contribution in [0, 0.1) is 13.8 Å². The molecule has 3 aromatic heterocycles. The van der Waals surface area contributed by atoms with Crippen LogP contribution in [0.15, 0.2) is 48.7 Å². The van der Waals surface area contributed by atoms with Crippen LogP contribution in [0.5, 0.6) is 11.5 Å². The average Bonchev–Trinajstić information content (AvgIpc) is 3.42. The summed E-state index contributed by atoms with van der Waals surface area (Å²) in [7, 11) is 3.26. The minimum atomic E-state index is -0.280. The third-order valence-corrected chi connectivity index (χ3v) is 5.20. The first-order valence-electron chi connectivity index (χ1n) is 10.5. The van der Waals surface area contributed by atoms with E-state index >= 15 is 0 Å². The summed E-state index contributed by atoms with van der Waals surface area (Å²) in [6, 6.07) is 13.1. The molecule has 170 valence electrons. The van der Waals surface area contributed by atoms with E-state index in [1.165, 1.54) is 6.20 Å². The molecule has 0 saturated carbocycles. The van der Waals surface area contributed by atoms with Crippen LogP contribution < -0.4 is 14.8 Å². The van der Waals surface area contributed by atoms with Gasteiger partial charge < -0.3 is 14.8 Å². The quantitative estimate of drug-likeness (QED) is 0.428. The zero-order valence-electron chi connectivity index (χ0n) is 19.0. The van der Waals surface area contributed by atoms with E-state index in [4.69, 9.17) is 9.47 Å². The second-order valence-electron chi connectivity index (χ2n) is 7.70. The van der Waals surface area contributed by atoms with Gasteiger partial charge in [0.2, 0.25) is 0 Å². The molecule has 4 aromatic rings. The van der Waals surface area contributed by atoms with E-state index in [9.17, 15) is 4.79 Å². The number of anilines is 1. The van der Waals surface area contributed by atoms with Crippen molar-refractivity contribution in [3.8, 4) is 17.3 Å². The number of benzene rings is 1. The standard InChI is InChI=1S/C24H26N6O3/c1-15-9-16(2)30(29-15)23-8-6-18(14-25-23)24(31)26-22-12-19(27-28-22)7-5-17-10-20(32-3)13-21(11-17)33-4/h6,8-14H,5,7H2,1-4H3,(H2,26,27,28,31). The molecule has 0 unspecified atom stereocenters. The normalized spacial score (nSPS) is 10.8. The van der Waals surface area contributed by atoms with Gasteiger partial charge in [-0.3, -0.25) is 9.89 Å². The van der Waals surface area contributed by atoms with Gasteiger partial charge in [-0.2, -0.15) is 10.2 Å². The third kappa shape index (κ3) is 5.20. The van der Waals surface area contributed by atoms with Gasteiger partial charge in [-0.25, -0.2) is 9.67 Å². The molecule has 0 bridgehead atoms. The number of carbonyl (C=O) groups is 1. The van der Waals surface area contributed by atoms with Crippen molar-refractivity contribution in [2.24, 2.45) is 0 Å². The molecule has 0 aliphatic heterocycles. The number of hydrogen-bond acceptors (Lipinski definition) is 6. The summed E-state index contributed by atoms with van der Waals surface area (Å²) >= 11 is 0. The summed E-state index contributed by atoms with van der Waals surface area (Å²) in [5.41, 5.74) is 4.32. The number of H-pyrrole nitrogens is 1. The van der Waals surface area contributed by atoms with Crippen LogP contribution in [0.3, 0.4) is 0 Å². The SMILES string of the molecule is COc1cc(CCc2cc(NC(=O)c3ccc(-n4nc(C)cc4C)nc3)n[nH]2)cc(OC)c1. The van der Waals surface area contributed by atoms with Gasteiger partial charge in [-0.05, 0) is 62.6 Å². The lowest BCUT2D eigenvalue weighted by molar-refractivity contribution is 0.102. The topological polar surface area (TPSA) is 107 Å². The molecule has 0 fully saturated rings. The number of aromatic amines is 1. The van der Waals surface area contributed by atoms with Gasteiger partial charge in [0.1, 0.15) is 11.5 Å². The monoisotopic (exact) mass is 446 g/mol. The molecule has 1 aromatic carbocycles. The molecule has 0 spiro atoms. The van der Waals surface area contributed by atoms with E-state index in [1.54, 1.807) is 31.0 Å². The predicted molar refractivity (Wildman–Crippen MR) is 124 cm³/mol. The molecule has 0 radical (unpaired) electrons. The smallest absolute Gasteiger partial charge is 0.258 e. The maximum Gasteiger partial charge on any atom is 0.258 e. The highest BCUT2D eigenvalue weighted by Crippen LogP contribution is 2.23. The Hall–Kier alpha value is -4.14. The van der Waals surface area contributed by atoms with E-state index in [1.807, 2.05) is 44.2 Å². The van der Waals surface area contributed by atoms with Crippen molar-refractivity contribution in [3.05, 3.63) is 76.9 Å². The molecule has 33 heavy (non-hydrogen) atoms.